The number of methoxy groups -OCH3 is 1. The molecule has 0 saturated heterocycles. The molecular formula is C21H25N5O2S. The van der Waals surface area contributed by atoms with E-state index < -0.39 is 0 Å². The number of thioether (sulfide) groups is 1. The van der Waals surface area contributed by atoms with E-state index in [2.05, 4.69) is 41.5 Å². The SMILES string of the molecule is COc1ccccc1-c1nnc(SCC(=O)NC(C)c2ccc(C)c(C)c2)n1N. The zero-order valence-corrected chi connectivity index (χ0v) is 17.8. The molecule has 2 aromatic carbocycles. The summed E-state index contributed by atoms with van der Waals surface area (Å²) in [7, 11) is 1.59. The zero-order chi connectivity index (χ0) is 21.0. The maximum absolute atomic E-state index is 12.4. The highest BCUT2D eigenvalue weighted by molar-refractivity contribution is 7.99. The Labute approximate surface area is 174 Å². The molecule has 1 unspecified atom stereocenters. The van der Waals surface area contributed by atoms with Gasteiger partial charge in [-0.3, -0.25) is 4.79 Å². The summed E-state index contributed by atoms with van der Waals surface area (Å²) in [5.41, 5.74) is 4.26. The Kier molecular flexibility index (Phi) is 6.43. The highest BCUT2D eigenvalue weighted by atomic mass is 32.2. The third-order valence-electron chi connectivity index (χ3n) is 4.75. The van der Waals surface area contributed by atoms with Crippen molar-refractivity contribution in [2.75, 3.05) is 18.7 Å². The normalized spacial score (nSPS) is 11.9. The summed E-state index contributed by atoms with van der Waals surface area (Å²) in [4.78, 5) is 12.4. The van der Waals surface area contributed by atoms with Gasteiger partial charge in [0, 0.05) is 0 Å². The minimum atomic E-state index is -0.0948. The number of nitrogens with zero attached hydrogens (tertiary/aromatic N) is 3. The van der Waals surface area contributed by atoms with E-state index in [1.54, 1.807) is 7.11 Å². The smallest absolute Gasteiger partial charge is 0.230 e. The molecule has 1 heterocycles. The number of aryl methyl sites for hydroxylation is 2. The number of aromatic nitrogens is 3. The van der Waals surface area contributed by atoms with Crippen LogP contribution in [0.1, 0.15) is 29.7 Å². The van der Waals surface area contributed by atoms with E-state index in [1.165, 1.54) is 27.6 Å². The largest absolute Gasteiger partial charge is 0.496 e. The second kappa shape index (κ2) is 9.00. The van der Waals surface area contributed by atoms with Crippen LogP contribution in [0.4, 0.5) is 0 Å². The standard InChI is InChI=1S/C21H25N5O2S/c1-13-9-10-16(11-14(13)2)15(3)23-19(27)12-29-21-25-24-20(26(21)22)17-7-5-6-8-18(17)28-4/h5-11,15H,12,22H2,1-4H3,(H,23,27). The number of para-hydroxylation sites is 1. The lowest BCUT2D eigenvalue weighted by molar-refractivity contribution is -0.119. The first-order chi connectivity index (χ1) is 13.9. The van der Waals surface area contributed by atoms with Crippen LogP contribution in [0, 0.1) is 13.8 Å². The molecule has 8 heteroatoms. The van der Waals surface area contributed by atoms with E-state index in [1.807, 2.05) is 37.3 Å². The molecule has 1 amide bonds. The van der Waals surface area contributed by atoms with E-state index in [9.17, 15) is 4.79 Å². The number of carbonyl (C=O) groups excluding carboxylic acids is 1. The Morgan fingerprint density at radius 1 is 1.21 bits per heavy atom. The van der Waals surface area contributed by atoms with Crippen LogP contribution >= 0.6 is 11.8 Å². The summed E-state index contributed by atoms with van der Waals surface area (Å²) in [6.07, 6.45) is 0. The van der Waals surface area contributed by atoms with Gasteiger partial charge in [-0.15, -0.1) is 10.2 Å². The summed E-state index contributed by atoms with van der Waals surface area (Å²) >= 11 is 1.24. The molecule has 0 aliphatic heterocycles. The maximum atomic E-state index is 12.4. The first kappa shape index (κ1) is 20.7. The second-order valence-corrected chi connectivity index (χ2v) is 7.74. The van der Waals surface area contributed by atoms with E-state index in [4.69, 9.17) is 10.6 Å². The summed E-state index contributed by atoms with van der Waals surface area (Å²) in [5, 5.41) is 11.7. The molecule has 3 rings (SSSR count). The minimum Gasteiger partial charge on any atom is -0.496 e. The van der Waals surface area contributed by atoms with Crippen LogP contribution in [0.3, 0.4) is 0 Å². The molecular weight excluding hydrogens is 386 g/mol. The monoisotopic (exact) mass is 411 g/mol. The van der Waals surface area contributed by atoms with Crippen molar-refractivity contribution in [3.05, 3.63) is 59.2 Å². The predicted octanol–water partition coefficient (Wildman–Crippen LogP) is 3.25. The highest BCUT2D eigenvalue weighted by Crippen LogP contribution is 2.29. The van der Waals surface area contributed by atoms with Crippen molar-refractivity contribution in [2.24, 2.45) is 0 Å². The first-order valence-corrected chi connectivity index (χ1v) is 10.2. The van der Waals surface area contributed by atoms with Crippen LogP contribution in [0.2, 0.25) is 0 Å². The molecule has 152 valence electrons. The molecule has 1 aromatic heterocycles. The molecule has 3 aromatic rings. The van der Waals surface area contributed by atoms with Crippen LogP contribution in [0.25, 0.3) is 11.4 Å². The summed E-state index contributed by atoms with van der Waals surface area (Å²) in [6.45, 7) is 6.11. The first-order valence-electron chi connectivity index (χ1n) is 9.24. The third-order valence-corrected chi connectivity index (χ3v) is 5.70. The molecule has 0 fully saturated rings. The molecule has 0 bridgehead atoms. The van der Waals surface area contributed by atoms with Crippen LogP contribution in [-0.2, 0) is 4.79 Å². The fourth-order valence-corrected chi connectivity index (χ4v) is 3.59. The molecule has 0 aliphatic carbocycles. The molecule has 0 radical (unpaired) electrons. The van der Waals surface area contributed by atoms with Gasteiger partial charge in [0.1, 0.15) is 5.75 Å². The topological polar surface area (TPSA) is 95.1 Å². The quantitative estimate of drug-likeness (QED) is 0.458. The Hall–Kier alpha value is -3.00. The van der Waals surface area contributed by atoms with E-state index in [0.29, 0.717) is 16.7 Å². The molecule has 1 atom stereocenters. The number of nitrogens with one attached hydrogen (secondary N) is 1. The highest BCUT2D eigenvalue weighted by Gasteiger charge is 2.17. The summed E-state index contributed by atoms with van der Waals surface area (Å²) in [5.74, 6) is 7.38. The van der Waals surface area contributed by atoms with Crippen molar-refractivity contribution >= 4 is 17.7 Å². The van der Waals surface area contributed by atoms with Crippen molar-refractivity contribution in [1.82, 2.24) is 20.2 Å². The number of hydrogen-bond acceptors (Lipinski definition) is 6. The van der Waals surface area contributed by atoms with Gasteiger partial charge in [0.05, 0.1) is 24.5 Å². The van der Waals surface area contributed by atoms with Gasteiger partial charge in [0.15, 0.2) is 5.82 Å². The Morgan fingerprint density at radius 3 is 2.69 bits per heavy atom. The Bertz CT molecular complexity index is 1020. The summed E-state index contributed by atoms with van der Waals surface area (Å²) < 4.78 is 6.73. The number of carbonyl (C=O) groups is 1. The van der Waals surface area contributed by atoms with Gasteiger partial charge in [0.25, 0.3) is 0 Å². The minimum absolute atomic E-state index is 0.0812. The van der Waals surface area contributed by atoms with E-state index >= 15 is 0 Å². The van der Waals surface area contributed by atoms with Crippen molar-refractivity contribution in [3.63, 3.8) is 0 Å². The van der Waals surface area contributed by atoms with Crippen LogP contribution in [0.5, 0.6) is 5.75 Å². The van der Waals surface area contributed by atoms with E-state index in [-0.39, 0.29) is 17.7 Å². The van der Waals surface area contributed by atoms with Crippen LogP contribution in [0.15, 0.2) is 47.6 Å². The van der Waals surface area contributed by atoms with Gasteiger partial charge in [0.2, 0.25) is 11.1 Å². The Balaban J connectivity index is 1.63. The molecule has 7 nitrogen and oxygen atoms in total. The van der Waals surface area contributed by atoms with Gasteiger partial charge in [-0.25, -0.2) is 4.68 Å². The number of hydrogen-bond donors (Lipinski definition) is 2. The number of nitrogens with two attached hydrogens (primary N) is 1. The number of benzene rings is 2. The zero-order valence-electron chi connectivity index (χ0n) is 17.0. The van der Waals surface area contributed by atoms with E-state index in [0.717, 1.165) is 11.1 Å². The van der Waals surface area contributed by atoms with Gasteiger partial charge in [-0.1, -0.05) is 42.1 Å². The van der Waals surface area contributed by atoms with Gasteiger partial charge >= 0.3 is 0 Å². The van der Waals surface area contributed by atoms with Gasteiger partial charge < -0.3 is 15.9 Å². The number of ether oxygens (including phenoxy) is 1. The third kappa shape index (κ3) is 4.71. The second-order valence-electron chi connectivity index (χ2n) is 6.80. The average Bonchev–Trinajstić information content (AvgIpc) is 3.08. The fraction of sp³-hybridized carbons (Fsp3) is 0.286. The molecule has 0 aliphatic rings. The Morgan fingerprint density at radius 2 is 1.97 bits per heavy atom. The lowest BCUT2D eigenvalue weighted by Gasteiger charge is -2.15. The van der Waals surface area contributed by atoms with Crippen LogP contribution < -0.4 is 15.9 Å². The number of amides is 1. The fourth-order valence-electron chi connectivity index (χ4n) is 2.92. The van der Waals surface area contributed by atoms with Crippen LogP contribution in [-0.4, -0.2) is 33.6 Å². The van der Waals surface area contributed by atoms with Crippen molar-refractivity contribution in [3.8, 4) is 17.1 Å². The predicted molar refractivity (Wildman–Crippen MR) is 115 cm³/mol. The average molecular weight is 412 g/mol. The summed E-state index contributed by atoms with van der Waals surface area (Å²) in [6, 6.07) is 13.6. The van der Waals surface area contributed by atoms with Gasteiger partial charge in [-0.2, -0.15) is 0 Å². The maximum Gasteiger partial charge on any atom is 0.230 e. The lowest BCUT2D eigenvalue weighted by atomic mass is 10.0. The van der Waals surface area contributed by atoms with Crippen molar-refractivity contribution in [2.45, 2.75) is 32.0 Å². The molecule has 0 spiro atoms. The van der Waals surface area contributed by atoms with Gasteiger partial charge in [-0.05, 0) is 49.6 Å². The van der Waals surface area contributed by atoms with Crippen molar-refractivity contribution in [1.29, 1.82) is 0 Å². The molecule has 3 N–H and O–H groups in total. The lowest BCUT2D eigenvalue weighted by Crippen LogP contribution is -2.28. The molecule has 29 heavy (non-hydrogen) atoms. The number of nitrogen functional groups attached to an aromatic ring is 1. The number of rotatable bonds is 7. The van der Waals surface area contributed by atoms with Crippen molar-refractivity contribution < 1.29 is 9.53 Å². The molecule has 0 saturated carbocycles.